The van der Waals surface area contributed by atoms with E-state index in [0.717, 1.165) is 37.9 Å². The van der Waals surface area contributed by atoms with Gasteiger partial charge in [-0.3, -0.25) is 9.59 Å². The molecule has 6 nitrogen and oxygen atoms in total. The van der Waals surface area contributed by atoms with Gasteiger partial charge in [-0.25, -0.2) is 0 Å². The van der Waals surface area contributed by atoms with E-state index in [1.807, 2.05) is 4.90 Å². The summed E-state index contributed by atoms with van der Waals surface area (Å²) in [6, 6.07) is 1.97. The summed E-state index contributed by atoms with van der Waals surface area (Å²) in [4.78, 5) is 27.0. The summed E-state index contributed by atoms with van der Waals surface area (Å²) >= 11 is 0. The first-order valence-corrected chi connectivity index (χ1v) is 9.86. The SMILES string of the molecule is CCC(C)(C)CC(=O)N1CCC(NC(=O)c2cc(C3CC3)on2)C[C@H]1C. The molecular formula is C20H31N3O3. The van der Waals surface area contributed by atoms with Crippen molar-refractivity contribution in [3.05, 3.63) is 17.5 Å². The summed E-state index contributed by atoms with van der Waals surface area (Å²) in [7, 11) is 0. The fourth-order valence-corrected chi connectivity index (χ4v) is 3.53. The highest BCUT2D eigenvalue weighted by atomic mass is 16.5. The molecule has 6 heteroatoms. The van der Waals surface area contributed by atoms with Crippen LogP contribution in [0.5, 0.6) is 0 Å². The van der Waals surface area contributed by atoms with E-state index in [9.17, 15) is 9.59 Å². The Morgan fingerprint density at radius 3 is 2.69 bits per heavy atom. The molecule has 0 bridgehead atoms. The van der Waals surface area contributed by atoms with Gasteiger partial charge in [-0.15, -0.1) is 0 Å². The van der Waals surface area contributed by atoms with Crippen LogP contribution in [-0.4, -0.2) is 40.5 Å². The fraction of sp³-hybridized carbons (Fsp3) is 0.750. The van der Waals surface area contributed by atoms with Crippen LogP contribution in [0.25, 0.3) is 0 Å². The zero-order chi connectivity index (χ0) is 18.9. The molecule has 2 aliphatic rings. The standard InChI is InChI=1S/C20H31N3O3/c1-5-20(3,4)12-18(24)23-9-8-15(10-13(23)2)21-19(25)16-11-17(26-22-16)14-6-7-14/h11,13-15H,5-10,12H2,1-4H3,(H,21,25)/t13-,15?/m1/s1. The van der Waals surface area contributed by atoms with E-state index in [4.69, 9.17) is 4.52 Å². The minimum absolute atomic E-state index is 0.0358. The zero-order valence-electron chi connectivity index (χ0n) is 16.4. The lowest BCUT2D eigenvalue weighted by Crippen LogP contribution is -2.51. The van der Waals surface area contributed by atoms with E-state index in [1.54, 1.807) is 6.07 Å². The Kier molecular flexibility index (Phi) is 5.39. The second-order valence-corrected chi connectivity index (χ2v) is 8.71. The van der Waals surface area contributed by atoms with Gasteiger partial charge in [0.25, 0.3) is 5.91 Å². The number of nitrogens with one attached hydrogen (secondary N) is 1. The molecule has 0 spiro atoms. The Morgan fingerprint density at radius 2 is 2.08 bits per heavy atom. The molecule has 1 aromatic heterocycles. The summed E-state index contributed by atoms with van der Waals surface area (Å²) in [6.07, 6.45) is 5.36. The first-order chi connectivity index (χ1) is 12.3. The number of rotatable bonds is 6. The minimum atomic E-state index is -0.176. The van der Waals surface area contributed by atoms with Crippen LogP contribution in [-0.2, 0) is 4.79 Å². The average molecular weight is 361 g/mol. The van der Waals surface area contributed by atoms with Crippen molar-refractivity contribution < 1.29 is 14.1 Å². The van der Waals surface area contributed by atoms with Crippen molar-refractivity contribution in [3.63, 3.8) is 0 Å². The molecule has 0 aromatic carbocycles. The van der Waals surface area contributed by atoms with Crippen LogP contribution in [0.15, 0.2) is 10.6 Å². The predicted molar refractivity (Wildman–Crippen MR) is 98.8 cm³/mol. The van der Waals surface area contributed by atoms with Gasteiger partial charge in [0.1, 0.15) is 5.76 Å². The number of amides is 2. The molecule has 1 saturated heterocycles. The molecule has 2 fully saturated rings. The highest BCUT2D eigenvalue weighted by molar-refractivity contribution is 5.92. The second-order valence-electron chi connectivity index (χ2n) is 8.71. The van der Waals surface area contributed by atoms with Gasteiger partial charge in [-0.1, -0.05) is 32.3 Å². The first-order valence-electron chi connectivity index (χ1n) is 9.86. The molecule has 1 saturated carbocycles. The van der Waals surface area contributed by atoms with Crippen LogP contribution in [0.2, 0.25) is 0 Å². The normalized spacial score (nSPS) is 23.8. The Bertz CT molecular complexity index is 663. The van der Waals surface area contributed by atoms with Crippen molar-refractivity contribution in [2.45, 2.75) is 84.2 Å². The molecule has 0 radical (unpaired) electrons. The van der Waals surface area contributed by atoms with Gasteiger partial charge in [0.2, 0.25) is 5.91 Å². The lowest BCUT2D eigenvalue weighted by molar-refractivity contribution is -0.136. The van der Waals surface area contributed by atoms with Crippen molar-refractivity contribution in [2.75, 3.05) is 6.54 Å². The largest absolute Gasteiger partial charge is 0.360 e. The van der Waals surface area contributed by atoms with Gasteiger partial charge in [-0.2, -0.15) is 0 Å². The second kappa shape index (κ2) is 7.41. The van der Waals surface area contributed by atoms with Gasteiger partial charge >= 0.3 is 0 Å². The van der Waals surface area contributed by atoms with E-state index < -0.39 is 0 Å². The smallest absolute Gasteiger partial charge is 0.273 e. The summed E-state index contributed by atoms with van der Waals surface area (Å²) in [6.45, 7) is 9.15. The maximum Gasteiger partial charge on any atom is 0.273 e. The number of hydrogen-bond donors (Lipinski definition) is 1. The quantitative estimate of drug-likeness (QED) is 0.841. The molecule has 1 aromatic rings. The van der Waals surface area contributed by atoms with Crippen LogP contribution in [0.1, 0.15) is 88.4 Å². The molecule has 26 heavy (non-hydrogen) atoms. The number of hydrogen-bond acceptors (Lipinski definition) is 4. The number of carbonyl (C=O) groups is 2. The van der Waals surface area contributed by atoms with Crippen LogP contribution in [0.4, 0.5) is 0 Å². The summed E-state index contributed by atoms with van der Waals surface area (Å²) < 4.78 is 5.26. The number of nitrogens with zero attached hydrogens (tertiary/aromatic N) is 2. The summed E-state index contributed by atoms with van der Waals surface area (Å²) in [5.74, 6) is 1.32. The van der Waals surface area contributed by atoms with E-state index in [0.29, 0.717) is 24.6 Å². The maximum absolute atomic E-state index is 12.6. The molecule has 1 unspecified atom stereocenters. The van der Waals surface area contributed by atoms with Crippen molar-refractivity contribution in [1.29, 1.82) is 0 Å². The fourth-order valence-electron chi connectivity index (χ4n) is 3.53. The zero-order valence-corrected chi connectivity index (χ0v) is 16.4. The summed E-state index contributed by atoms with van der Waals surface area (Å²) in [5, 5.41) is 6.96. The predicted octanol–water partition coefficient (Wildman–Crippen LogP) is 3.49. The van der Waals surface area contributed by atoms with Crippen LogP contribution >= 0.6 is 0 Å². The number of piperidine rings is 1. The Hall–Kier alpha value is -1.85. The van der Waals surface area contributed by atoms with Crippen LogP contribution in [0.3, 0.4) is 0 Å². The Labute approximate surface area is 155 Å². The maximum atomic E-state index is 12.6. The highest BCUT2D eigenvalue weighted by Gasteiger charge is 2.33. The molecule has 144 valence electrons. The Balaban J connectivity index is 1.51. The third-order valence-corrected chi connectivity index (χ3v) is 5.86. The van der Waals surface area contributed by atoms with E-state index in [-0.39, 0.29) is 29.3 Å². The molecule has 2 amide bonds. The molecule has 1 N–H and O–H groups in total. The third kappa shape index (κ3) is 4.46. The van der Waals surface area contributed by atoms with E-state index >= 15 is 0 Å². The molecule has 1 aliphatic heterocycles. The van der Waals surface area contributed by atoms with Gasteiger partial charge in [0.15, 0.2) is 5.69 Å². The first kappa shape index (κ1) is 18.9. The molecule has 1 aliphatic carbocycles. The van der Waals surface area contributed by atoms with Gasteiger partial charge < -0.3 is 14.7 Å². The third-order valence-electron chi connectivity index (χ3n) is 5.86. The summed E-state index contributed by atoms with van der Waals surface area (Å²) in [5.41, 5.74) is 0.399. The highest BCUT2D eigenvalue weighted by Crippen LogP contribution is 2.40. The van der Waals surface area contributed by atoms with Gasteiger partial charge in [0, 0.05) is 37.0 Å². The molecule has 3 rings (SSSR count). The average Bonchev–Trinajstić information content (AvgIpc) is 3.31. The van der Waals surface area contributed by atoms with Crippen molar-refractivity contribution >= 4 is 11.8 Å². The molecule has 2 heterocycles. The van der Waals surface area contributed by atoms with Crippen molar-refractivity contribution in [2.24, 2.45) is 5.41 Å². The lowest BCUT2D eigenvalue weighted by Gasteiger charge is -2.39. The van der Waals surface area contributed by atoms with E-state index in [1.165, 1.54) is 0 Å². The Morgan fingerprint density at radius 1 is 1.35 bits per heavy atom. The van der Waals surface area contributed by atoms with Gasteiger partial charge in [-0.05, 0) is 38.0 Å². The minimum Gasteiger partial charge on any atom is -0.360 e. The van der Waals surface area contributed by atoms with Crippen molar-refractivity contribution in [1.82, 2.24) is 15.4 Å². The number of likely N-dealkylation sites (tertiary alicyclic amines) is 1. The van der Waals surface area contributed by atoms with Crippen molar-refractivity contribution in [3.8, 4) is 0 Å². The topological polar surface area (TPSA) is 75.4 Å². The van der Waals surface area contributed by atoms with E-state index in [2.05, 4.69) is 38.2 Å². The lowest BCUT2D eigenvalue weighted by atomic mass is 9.85. The number of carbonyl (C=O) groups excluding carboxylic acids is 2. The van der Waals surface area contributed by atoms with Gasteiger partial charge in [0.05, 0.1) is 0 Å². The number of aromatic nitrogens is 1. The molecular weight excluding hydrogens is 330 g/mol. The van der Waals surface area contributed by atoms with Crippen LogP contribution < -0.4 is 5.32 Å². The molecule has 2 atom stereocenters. The monoisotopic (exact) mass is 361 g/mol. The van der Waals surface area contributed by atoms with Crippen LogP contribution in [0, 0.1) is 5.41 Å².